The Labute approximate surface area is 123 Å². The van der Waals surface area contributed by atoms with Gasteiger partial charge in [-0.3, -0.25) is 4.79 Å². The molecular weight excluding hydrogens is 268 g/mol. The number of carbonyl (C=O) groups excluding carboxylic acids is 1. The number of methoxy groups -OCH3 is 1. The van der Waals surface area contributed by atoms with Crippen LogP contribution in [0, 0.1) is 11.8 Å². The molecule has 0 unspecified atom stereocenters. The maximum atomic E-state index is 11.7. The fourth-order valence-corrected chi connectivity index (χ4v) is 2.65. The van der Waals surface area contributed by atoms with Crippen molar-refractivity contribution < 1.29 is 14.3 Å². The highest BCUT2D eigenvalue weighted by Gasteiger charge is 2.37. The van der Waals surface area contributed by atoms with Crippen LogP contribution in [0.1, 0.15) is 12.8 Å². The Hall–Kier alpha value is -2.30. The number of hydrogen-bond acceptors (Lipinski definition) is 4. The molecule has 0 aromatic heterocycles. The molecule has 1 N–H and O–H groups in total. The lowest BCUT2D eigenvalue weighted by molar-refractivity contribution is -0.123. The quantitative estimate of drug-likeness (QED) is 0.666. The second-order valence-electron chi connectivity index (χ2n) is 5.24. The fourth-order valence-electron chi connectivity index (χ4n) is 2.65. The second-order valence-corrected chi connectivity index (χ2v) is 5.24. The number of nitrogens with one attached hydrogen (secondary N) is 1. The molecule has 1 amide bonds. The van der Waals surface area contributed by atoms with E-state index in [1.54, 1.807) is 31.4 Å². The average molecular weight is 286 g/mol. The summed E-state index contributed by atoms with van der Waals surface area (Å²) in [5, 5.41) is 4.19. The van der Waals surface area contributed by atoms with Crippen LogP contribution in [0.3, 0.4) is 0 Å². The molecule has 5 nitrogen and oxygen atoms in total. The number of benzene rings is 1. The first kappa shape index (κ1) is 13.7. The van der Waals surface area contributed by atoms with E-state index in [9.17, 15) is 4.79 Å². The van der Waals surface area contributed by atoms with Crippen molar-refractivity contribution in [3.8, 4) is 11.5 Å². The minimum atomic E-state index is -0.243. The molecule has 3 rings (SSSR count). The van der Waals surface area contributed by atoms with Crippen molar-refractivity contribution in [2.45, 2.75) is 12.8 Å². The number of hydrogen-bond donors (Lipinski definition) is 1. The Kier molecular flexibility index (Phi) is 3.90. The molecule has 0 aliphatic heterocycles. The molecule has 5 heteroatoms. The van der Waals surface area contributed by atoms with Gasteiger partial charge >= 0.3 is 0 Å². The van der Waals surface area contributed by atoms with E-state index in [2.05, 4.69) is 22.7 Å². The number of rotatable bonds is 5. The third kappa shape index (κ3) is 3.07. The number of ether oxygens (including phenoxy) is 2. The molecule has 0 spiro atoms. The van der Waals surface area contributed by atoms with Gasteiger partial charge in [0.15, 0.2) is 6.61 Å². The van der Waals surface area contributed by atoms with Crippen LogP contribution in [-0.2, 0) is 4.79 Å². The van der Waals surface area contributed by atoms with Gasteiger partial charge in [-0.25, -0.2) is 5.43 Å². The van der Waals surface area contributed by atoms with Crippen molar-refractivity contribution in [1.29, 1.82) is 0 Å². The lowest BCUT2D eigenvalue weighted by atomic mass is 9.74. The van der Waals surface area contributed by atoms with Crippen LogP contribution in [0.25, 0.3) is 0 Å². The predicted octanol–water partition coefficient (Wildman–Crippen LogP) is 2.14. The van der Waals surface area contributed by atoms with Crippen LogP contribution in [0.2, 0.25) is 0 Å². The number of allylic oxidation sites excluding steroid dienone is 2. The number of hydrazone groups is 1. The topological polar surface area (TPSA) is 59.9 Å². The van der Waals surface area contributed by atoms with Crippen LogP contribution < -0.4 is 14.9 Å². The first-order chi connectivity index (χ1) is 10.3. The zero-order valence-corrected chi connectivity index (χ0v) is 11.9. The molecule has 2 atom stereocenters. The van der Waals surface area contributed by atoms with Gasteiger partial charge in [-0.05, 0) is 43.0 Å². The zero-order chi connectivity index (χ0) is 14.7. The van der Waals surface area contributed by atoms with Gasteiger partial charge in [0.1, 0.15) is 11.5 Å². The van der Waals surface area contributed by atoms with Crippen LogP contribution in [0.15, 0.2) is 41.5 Å². The molecule has 0 bridgehead atoms. The van der Waals surface area contributed by atoms with Crippen molar-refractivity contribution in [1.82, 2.24) is 5.43 Å². The molecule has 2 aliphatic rings. The Bertz CT molecular complexity index is 578. The minimum absolute atomic E-state index is 0.0462. The van der Waals surface area contributed by atoms with Crippen molar-refractivity contribution in [3.05, 3.63) is 36.4 Å². The SMILES string of the molecule is COc1ccc(OCC(=O)N/N=C2\C[C@@H]3C=CC[C@@H]23)cc1. The van der Waals surface area contributed by atoms with E-state index in [1.165, 1.54) is 0 Å². The highest BCUT2D eigenvalue weighted by atomic mass is 16.5. The van der Waals surface area contributed by atoms with Gasteiger partial charge in [-0.15, -0.1) is 0 Å². The molecule has 0 saturated heterocycles. The Morgan fingerprint density at radius 1 is 1.33 bits per heavy atom. The normalized spacial score (nSPS) is 24.3. The third-order valence-electron chi connectivity index (χ3n) is 3.92. The average Bonchev–Trinajstić information content (AvgIpc) is 2.87. The summed E-state index contributed by atoms with van der Waals surface area (Å²) in [5.74, 6) is 2.28. The number of fused-ring (bicyclic) bond motifs is 1. The van der Waals surface area contributed by atoms with E-state index < -0.39 is 0 Å². The highest BCUT2D eigenvalue weighted by molar-refractivity contribution is 5.94. The Morgan fingerprint density at radius 3 is 2.81 bits per heavy atom. The molecule has 1 aromatic rings. The lowest BCUT2D eigenvalue weighted by Gasteiger charge is -2.31. The minimum Gasteiger partial charge on any atom is -0.497 e. The number of carbonyl (C=O) groups is 1. The summed E-state index contributed by atoms with van der Waals surface area (Å²) >= 11 is 0. The van der Waals surface area contributed by atoms with Gasteiger partial charge in [-0.1, -0.05) is 12.2 Å². The molecular formula is C16H18N2O3. The van der Waals surface area contributed by atoms with Gasteiger partial charge in [-0.2, -0.15) is 5.10 Å². The predicted molar refractivity (Wildman–Crippen MR) is 79.4 cm³/mol. The Morgan fingerprint density at radius 2 is 2.10 bits per heavy atom. The fraction of sp³-hybridized carbons (Fsp3) is 0.375. The first-order valence-corrected chi connectivity index (χ1v) is 7.05. The van der Waals surface area contributed by atoms with Crippen LogP contribution >= 0.6 is 0 Å². The van der Waals surface area contributed by atoms with Crippen LogP contribution in [0.4, 0.5) is 0 Å². The van der Waals surface area contributed by atoms with Crippen LogP contribution in [0.5, 0.6) is 11.5 Å². The van der Waals surface area contributed by atoms with E-state index in [-0.39, 0.29) is 12.5 Å². The van der Waals surface area contributed by atoms with Gasteiger partial charge < -0.3 is 9.47 Å². The van der Waals surface area contributed by atoms with Gasteiger partial charge in [0, 0.05) is 11.6 Å². The Balaban J connectivity index is 1.43. The van der Waals surface area contributed by atoms with Crippen molar-refractivity contribution in [2.75, 3.05) is 13.7 Å². The van der Waals surface area contributed by atoms with E-state index >= 15 is 0 Å². The largest absolute Gasteiger partial charge is 0.497 e. The van der Waals surface area contributed by atoms with Gasteiger partial charge in [0.25, 0.3) is 5.91 Å². The van der Waals surface area contributed by atoms with Crippen molar-refractivity contribution in [2.24, 2.45) is 16.9 Å². The number of nitrogens with zero attached hydrogens (tertiary/aromatic N) is 1. The molecule has 110 valence electrons. The maximum absolute atomic E-state index is 11.7. The van der Waals surface area contributed by atoms with E-state index in [0.717, 1.165) is 24.3 Å². The van der Waals surface area contributed by atoms with Gasteiger partial charge in [0.05, 0.1) is 7.11 Å². The summed E-state index contributed by atoms with van der Waals surface area (Å²) in [6.07, 6.45) is 6.42. The van der Waals surface area contributed by atoms with Crippen molar-refractivity contribution >= 4 is 11.6 Å². The third-order valence-corrected chi connectivity index (χ3v) is 3.92. The highest BCUT2D eigenvalue weighted by Crippen LogP contribution is 2.39. The van der Waals surface area contributed by atoms with E-state index in [4.69, 9.17) is 9.47 Å². The summed E-state index contributed by atoms with van der Waals surface area (Å²) in [5.41, 5.74) is 3.65. The summed E-state index contributed by atoms with van der Waals surface area (Å²) in [4.78, 5) is 11.7. The molecule has 1 aromatic carbocycles. The molecule has 2 aliphatic carbocycles. The zero-order valence-electron chi connectivity index (χ0n) is 11.9. The molecule has 0 radical (unpaired) electrons. The first-order valence-electron chi connectivity index (χ1n) is 7.05. The summed E-state index contributed by atoms with van der Waals surface area (Å²) in [6, 6.07) is 7.10. The summed E-state index contributed by atoms with van der Waals surface area (Å²) < 4.78 is 10.4. The smallest absolute Gasteiger partial charge is 0.277 e. The number of amides is 1. The maximum Gasteiger partial charge on any atom is 0.277 e. The lowest BCUT2D eigenvalue weighted by Crippen LogP contribution is -2.36. The van der Waals surface area contributed by atoms with Crippen LogP contribution in [-0.4, -0.2) is 25.3 Å². The molecule has 0 heterocycles. The van der Waals surface area contributed by atoms with E-state index in [1.807, 2.05) is 0 Å². The molecule has 21 heavy (non-hydrogen) atoms. The standard InChI is InChI=1S/C16H18N2O3/c1-20-12-5-7-13(8-6-12)21-10-16(19)18-17-15-9-11-3-2-4-14(11)15/h2-3,5-8,11,14H,4,9-10H2,1H3,(H,18,19)/b17-15+/t11-,14+/m0/s1. The van der Waals surface area contributed by atoms with Gasteiger partial charge in [0.2, 0.25) is 0 Å². The summed E-state index contributed by atoms with van der Waals surface area (Å²) in [6.45, 7) is -0.0462. The summed E-state index contributed by atoms with van der Waals surface area (Å²) in [7, 11) is 1.60. The second kappa shape index (κ2) is 5.99. The molecule has 1 saturated carbocycles. The van der Waals surface area contributed by atoms with E-state index in [0.29, 0.717) is 17.6 Å². The monoisotopic (exact) mass is 286 g/mol. The molecule has 1 fully saturated rings. The van der Waals surface area contributed by atoms with Crippen molar-refractivity contribution in [3.63, 3.8) is 0 Å².